The molecule has 0 aliphatic rings. The molecule has 0 spiro atoms. The van der Waals surface area contributed by atoms with E-state index in [1.165, 1.54) is 23.5 Å². The summed E-state index contributed by atoms with van der Waals surface area (Å²) in [6, 6.07) is 14.7. The number of nitrogens with one attached hydrogen (secondary N) is 1. The van der Waals surface area contributed by atoms with Crippen LogP contribution in [0, 0.1) is 6.92 Å². The predicted molar refractivity (Wildman–Crippen MR) is 85.7 cm³/mol. The van der Waals surface area contributed by atoms with E-state index >= 15 is 0 Å². The molecule has 0 saturated carbocycles. The van der Waals surface area contributed by atoms with Crippen LogP contribution in [0.25, 0.3) is 0 Å². The van der Waals surface area contributed by atoms with E-state index in [1.54, 1.807) is 24.3 Å². The third-order valence-corrected chi connectivity index (χ3v) is 3.68. The number of carbonyl (C=O) groups is 1. The van der Waals surface area contributed by atoms with Crippen LogP contribution < -0.4 is 5.43 Å². The molecule has 0 fully saturated rings. The standard InChI is InChI=1S/C16H16N2O2S/c1-12-5-7-15(8-6-12)21-11-16(20)18-17-10-13-3-2-4-14(19)9-13/h2-10,19H,11H2,1H3,(H,18,20)/b17-10+. The van der Waals surface area contributed by atoms with Gasteiger partial charge in [0.25, 0.3) is 0 Å². The predicted octanol–water partition coefficient (Wildman–Crippen LogP) is 2.94. The summed E-state index contributed by atoms with van der Waals surface area (Å²) in [6.07, 6.45) is 1.49. The molecule has 0 bridgehead atoms. The summed E-state index contributed by atoms with van der Waals surface area (Å²) in [5.41, 5.74) is 4.38. The van der Waals surface area contributed by atoms with E-state index in [0.29, 0.717) is 5.75 Å². The second-order valence-electron chi connectivity index (χ2n) is 4.49. The van der Waals surface area contributed by atoms with Crippen molar-refractivity contribution >= 4 is 23.9 Å². The zero-order valence-electron chi connectivity index (χ0n) is 11.6. The Hall–Kier alpha value is -2.27. The van der Waals surface area contributed by atoms with Crippen LogP contribution in [-0.2, 0) is 4.79 Å². The quantitative estimate of drug-likeness (QED) is 0.507. The van der Waals surface area contributed by atoms with Crippen molar-refractivity contribution in [2.75, 3.05) is 5.75 Å². The van der Waals surface area contributed by atoms with E-state index < -0.39 is 0 Å². The largest absolute Gasteiger partial charge is 0.508 e. The van der Waals surface area contributed by atoms with E-state index in [2.05, 4.69) is 10.5 Å². The van der Waals surface area contributed by atoms with Crippen molar-refractivity contribution in [2.24, 2.45) is 5.10 Å². The first-order valence-electron chi connectivity index (χ1n) is 6.44. The zero-order valence-corrected chi connectivity index (χ0v) is 12.4. The van der Waals surface area contributed by atoms with Gasteiger partial charge in [0.2, 0.25) is 5.91 Å². The monoisotopic (exact) mass is 300 g/mol. The number of nitrogens with zero attached hydrogens (tertiary/aromatic N) is 1. The Morgan fingerprint density at radius 3 is 2.76 bits per heavy atom. The van der Waals surface area contributed by atoms with Crippen LogP contribution in [0.15, 0.2) is 58.5 Å². The molecule has 0 radical (unpaired) electrons. The number of hydrogen-bond acceptors (Lipinski definition) is 4. The van der Waals surface area contributed by atoms with E-state index in [-0.39, 0.29) is 11.7 Å². The highest BCUT2D eigenvalue weighted by Gasteiger charge is 2.01. The molecular weight excluding hydrogens is 284 g/mol. The summed E-state index contributed by atoms with van der Waals surface area (Å²) in [4.78, 5) is 12.7. The van der Waals surface area contributed by atoms with Gasteiger partial charge in [0.15, 0.2) is 0 Å². The molecule has 0 aromatic heterocycles. The maximum Gasteiger partial charge on any atom is 0.250 e. The second kappa shape index (κ2) is 7.50. The fourth-order valence-corrected chi connectivity index (χ4v) is 2.29. The molecular formula is C16H16N2O2S. The van der Waals surface area contributed by atoms with Crippen LogP contribution in [0.5, 0.6) is 5.75 Å². The van der Waals surface area contributed by atoms with Gasteiger partial charge in [-0.15, -0.1) is 11.8 Å². The van der Waals surface area contributed by atoms with Crippen molar-refractivity contribution in [2.45, 2.75) is 11.8 Å². The van der Waals surface area contributed by atoms with Gasteiger partial charge < -0.3 is 5.11 Å². The van der Waals surface area contributed by atoms with Crippen LogP contribution in [0.3, 0.4) is 0 Å². The molecule has 2 rings (SSSR count). The van der Waals surface area contributed by atoms with Crippen LogP contribution in [-0.4, -0.2) is 23.0 Å². The minimum atomic E-state index is -0.169. The number of phenols is 1. The van der Waals surface area contributed by atoms with E-state index in [1.807, 2.05) is 31.2 Å². The number of rotatable bonds is 5. The summed E-state index contributed by atoms with van der Waals surface area (Å²) in [5, 5.41) is 13.2. The first kappa shape index (κ1) is 15.1. The molecule has 0 atom stereocenters. The summed E-state index contributed by atoms with van der Waals surface area (Å²) in [6.45, 7) is 2.03. The van der Waals surface area contributed by atoms with Gasteiger partial charge in [-0.2, -0.15) is 5.10 Å². The number of thioether (sulfide) groups is 1. The lowest BCUT2D eigenvalue weighted by Crippen LogP contribution is -2.19. The Labute approximate surface area is 127 Å². The molecule has 108 valence electrons. The van der Waals surface area contributed by atoms with Crippen LogP contribution in [0.1, 0.15) is 11.1 Å². The van der Waals surface area contributed by atoms with E-state index in [9.17, 15) is 9.90 Å². The molecule has 0 saturated heterocycles. The topological polar surface area (TPSA) is 61.7 Å². The van der Waals surface area contributed by atoms with Crippen molar-refractivity contribution in [3.63, 3.8) is 0 Å². The third-order valence-electron chi connectivity index (χ3n) is 2.66. The van der Waals surface area contributed by atoms with E-state index in [4.69, 9.17) is 0 Å². The number of carbonyl (C=O) groups excluding carboxylic acids is 1. The minimum absolute atomic E-state index is 0.167. The molecule has 4 nitrogen and oxygen atoms in total. The third kappa shape index (κ3) is 5.31. The van der Waals surface area contributed by atoms with Crippen LogP contribution >= 0.6 is 11.8 Å². The number of benzene rings is 2. The fourth-order valence-electron chi connectivity index (χ4n) is 1.60. The lowest BCUT2D eigenvalue weighted by molar-refractivity contribution is -0.118. The Bertz CT molecular complexity index is 639. The number of phenolic OH excluding ortho intramolecular Hbond substituents is 1. The van der Waals surface area contributed by atoms with Gasteiger partial charge in [0, 0.05) is 4.90 Å². The lowest BCUT2D eigenvalue weighted by Gasteiger charge is -2.01. The lowest BCUT2D eigenvalue weighted by atomic mass is 10.2. The molecule has 0 aliphatic heterocycles. The van der Waals surface area contributed by atoms with Crippen molar-refractivity contribution < 1.29 is 9.90 Å². The summed E-state index contributed by atoms with van der Waals surface area (Å²) < 4.78 is 0. The van der Waals surface area contributed by atoms with Crippen LogP contribution in [0.4, 0.5) is 0 Å². The summed E-state index contributed by atoms with van der Waals surface area (Å²) in [7, 11) is 0. The fraction of sp³-hybridized carbons (Fsp3) is 0.125. The Kier molecular flexibility index (Phi) is 5.40. The van der Waals surface area contributed by atoms with Gasteiger partial charge in [-0.05, 0) is 36.8 Å². The van der Waals surface area contributed by atoms with Gasteiger partial charge in [-0.3, -0.25) is 4.79 Å². The molecule has 0 unspecified atom stereocenters. The first-order valence-corrected chi connectivity index (χ1v) is 7.42. The van der Waals surface area contributed by atoms with Gasteiger partial charge in [-0.25, -0.2) is 5.43 Å². The second-order valence-corrected chi connectivity index (χ2v) is 5.54. The smallest absolute Gasteiger partial charge is 0.250 e. The zero-order chi connectivity index (χ0) is 15.1. The molecule has 2 aromatic rings. The maximum absolute atomic E-state index is 11.6. The molecule has 21 heavy (non-hydrogen) atoms. The number of amides is 1. The highest BCUT2D eigenvalue weighted by atomic mass is 32.2. The van der Waals surface area contributed by atoms with Crippen molar-refractivity contribution in [1.29, 1.82) is 0 Å². The molecule has 0 heterocycles. The highest BCUT2D eigenvalue weighted by Crippen LogP contribution is 2.17. The van der Waals surface area contributed by atoms with Crippen molar-refractivity contribution in [1.82, 2.24) is 5.43 Å². The molecule has 2 N–H and O–H groups in total. The molecule has 5 heteroatoms. The minimum Gasteiger partial charge on any atom is -0.508 e. The summed E-state index contributed by atoms with van der Waals surface area (Å²) in [5.74, 6) is 0.303. The Morgan fingerprint density at radius 1 is 1.29 bits per heavy atom. The molecule has 2 aromatic carbocycles. The SMILES string of the molecule is Cc1ccc(SCC(=O)N/N=C/c2cccc(O)c2)cc1. The maximum atomic E-state index is 11.6. The van der Waals surface area contributed by atoms with Crippen molar-refractivity contribution in [3.8, 4) is 5.75 Å². The van der Waals surface area contributed by atoms with Crippen molar-refractivity contribution in [3.05, 3.63) is 59.7 Å². The average molecular weight is 300 g/mol. The average Bonchev–Trinajstić information content (AvgIpc) is 2.47. The highest BCUT2D eigenvalue weighted by molar-refractivity contribution is 8.00. The summed E-state index contributed by atoms with van der Waals surface area (Å²) >= 11 is 1.46. The number of aromatic hydroxyl groups is 1. The van der Waals surface area contributed by atoms with Gasteiger partial charge in [-0.1, -0.05) is 29.8 Å². The molecule has 0 aliphatic carbocycles. The van der Waals surface area contributed by atoms with Gasteiger partial charge in [0.05, 0.1) is 12.0 Å². The van der Waals surface area contributed by atoms with Crippen LogP contribution in [0.2, 0.25) is 0 Å². The Balaban J connectivity index is 1.78. The molecule has 1 amide bonds. The Morgan fingerprint density at radius 2 is 2.05 bits per heavy atom. The number of hydrazone groups is 1. The number of hydrogen-bond donors (Lipinski definition) is 2. The normalized spacial score (nSPS) is 10.7. The first-order chi connectivity index (χ1) is 10.1. The number of aryl methyl sites for hydroxylation is 1. The van der Waals surface area contributed by atoms with E-state index in [0.717, 1.165) is 10.5 Å². The van der Waals surface area contributed by atoms with Gasteiger partial charge >= 0.3 is 0 Å². The van der Waals surface area contributed by atoms with Gasteiger partial charge in [0.1, 0.15) is 5.75 Å².